The van der Waals surface area contributed by atoms with Gasteiger partial charge in [0.2, 0.25) is 0 Å². The van der Waals surface area contributed by atoms with Crippen molar-refractivity contribution >= 4 is 35.0 Å². The van der Waals surface area contributed by atoms with E-state index in [4.69, 9.17) is 16.0 Å². The summed E-state index contributed by atoms with van der Waals surface area (Å²) in [5.74, 6) is -0.817. The number of hydrogen-bond donors (Lipinski definition) is 3. The molecule has 39 heavy (non-hydrogen) atoms. The molecule has 1 heterocycles. The van der Waals surface area contributed by atoms with Crippen LogP contribution in [0.1, 0.15) is 61.0 Å². The molecule has 0 saturated heterocycles. The summed E-state index contributed by atoms with van der Waals surface area (Å²) >= 11 is 6.05. The van der Waals surface area contributed by atoms with Crippen LogP contribution in [0.3, 0.4) is 0 Å². The molecule has 3 amide bonds. The quantitative estimate of drug-likeness (QED) is 0.292. The van der Waals surface area contributed by atoms with Crippen LogP contribution in [0, 0.1) is 6.92 Å². The summed E-state index contributed by atoms with van der Waals surface area (Å²) in [7, 11) is 0. The molecule has 0 bridgehead atoms. The zero-order valence-electron chi connectivity index (χ0n) is 21.1. The maximum atomic E-state index is 12.8. The molecule has 8 nitrogen and oxygen atoms in total. The SMILES string of the molecule is Cc1c(C(=O)NNC(=O)c2ccccc2Cl)oc2c1/C(=N/NC(=O)c1ccc(-c3ccccc3)cc1)CCC2. The number of amides is 3. The van der Waals surface area contributed by atoms with E-state index in [0.29, 0.717) is 41.0 Å². The summed E-state index contributed by atoms with van der Waals surface area (Å²) in [6.45, 7) is 1.75. The summed E-state index contributed by atoms with van der Waals surface area (Å²) in [6.07, 6.45) is 2.00. The highest BCUT2D eigenvalue weighted by Crippen LogP contribution is 2.30. The lowest BCUT2D eigenvalue weighted by Gasteiger charge is -2.13. The highest BCUT2D eigenvalue weighted by molar-refractivity contribution is 6.33. The molecule has 0 unspecified atom stereocenters. The number of rotatable bonds is 5. The number of aryl methyl sites for hydroxylation is 1. The summed E-state index contributed by atoms with van der Waals surface area (Å²) in [4.78, 5) is 38.0. The first-order valence-electron chi connectivity index (χ1n) is 12.4. The topological polar surface area (TPSA) is 113 Å². The second kappa shape index (κ2) is 11.4. The minimum absolute atomic E-state index is 0.0666. The number of hydrazone groups is 1. The van der Waals surface area contributed by atoms with Gasteiger partial charge in [0.15, 0.2) is 5.76 Å². The van der Waals surface area contributed by atoms with E-state index in [1.54, 1.807) is 43.3 Å². The van der Waals surface area contributed by atoms with Crippen molar-refractivity contribution in [2.24, 2.45) is 5.10 Å². The van der Waals surface area contributed by atoms with Gasteiger partial charge < -0.3 is 4.42 Å². The molecule has 0 saturated carbocycles. The second-order valence-electron chi connectivity index (χ2n) is 9.04. The molecule has 4 aromatic rings. The third-order valence-corrected chi connectivity index (χ3v) is 6.82. The van der Waals surface area contributed by atoms with Gasteiger partial charge in [0, 0.05) is 23.1 Å². The van der Waals surface area contributed by atoms with E-state index in [0.717, 1.165) is 17.5 Å². The monoisotopic (exact) mass is 540 g/mol. The normalized spacial score (nSPS) is 13.4. The number of hydrogen-bond acceptors (Lipinski definition) is 5. The van der Waals surface area contributed by atoms with Crippen LogP contribution in [0.25, 0.3) is 11.1 Å². The number of furan rings is 1. The van der Waals surface area contributed by atoms with E-state index in [1.807, 2.05) is 42.5 Å². The Hall–Kier alpha value is -4.69. The fourth-order valence-corrected chi connectivity index (χ4v) is 4.73. The van der Waals surface area contributed by atoms with Crippen molar-refractivity contribution in [2.45, 2.75) is 26.2 Å². The lowest BCUT2D eigenvalue weighted by molar-refractivity contribution is 0.0829. The van der Waals surface area contributed by atoms with Crippen molar-refractivity contribution in [3.63, 3.8) is 0 Å². The predicted molar refractivity (Wildman–Crippen MR) is 149 cm³/mol. The third kappa shape index (κ3) is 5.61. The number of benzene rings is 3. The molecule has 3 aromatic carbocycles. The lowest BCUT2D eigenvalue weighted by atomic mass is 9.93. The highest BCUT2D eigenvalue weighted by Gasteiger charge is 2.28. The van der Waals surface area contributed by atoms with Gasteiger partial charge in [-0.25, -0.2) is 5.43 Å². The average molecular weight is 541 g/mol. The van der Waals surface area contributed by atoms with Crippen LogP contribution in [0.4, 0.5) is 0 Å². The van der Waals surface area contributed by atoms with E-state index in [-0.39, 0.29) is 22.3 Å². The first-order chi connectivity index (χ1) is 18.9. The standard InChI is InChI=1S/C30H25ClN4O4/c1-18-26-24(32-33-28(36)21-16-14-20(15-17-21)19-8-3-2-4-9-19)12-7-13-25(26)39-27(18)30(38)35-34-29(37)22-10-5-6-11-23(22)31/h2-6,8-11,14-17H,7,12-13H2,1H3,(H,33,36)(H,34,37)(H,35,38)/b32-24+. The summed E-state index contributed by atoms with van der Waals surface area (Å²) in [5.41, 5.74) is 12.1. The molecule has 1 aliphatic carbocycles. The van der Waals surface area contributed by atoms with Crippen molar-refractivity contribution in [1.82, 2.24) is 16.3 Å². The van der Waals surface area contributed by atoms with Gasteiger partial charge in [-0.3, -0.25) is 25.2 Å². The van der Waals surface area contributed by atoms with Gasteiger partial charge in [-0.05, 0) is 55.2 Å². The predicted octanol–water partition coefficient (Wildman–Crippen LogP) is 5.45. The van der Waals surface area contributed by atoms with E-state index in [1.165, 1.54) is 0 Å². The summed E-state index contributed by atoms with van der Waals surface area (Å²) in [5, 5.41) is 4.65. The number of carbonyl (C=O) groups excluding carboxylic acids is 3. The molecule has 1 aromatic heterocycles. The zero-order valence-corrected chi connectivity index (χ0v) is 21.8. The molecule has 0 fully saturated rings. The van der Waals surface area contributed by atoms with Crippen LogP contribution in [0.15, 0.2) is 88.4 Å². The summed E-state index contributed by atoms with van der Waals surface area (Å²) in [6, 6.07) is 23.7. The fourth-order valence-electron chi connectivity index (χ4n) is 4.51. The largest absolute Gasteiger partial charge is 0.455 e. The van der Waals surface area contributed by atoms with Crippen molar-refractivity contribution < 1.29 is 18.8 Å². The zero-order chi connectivity index (χ0) is 27.4. The Kier molecular flexibility index (Phi) is 7.56. The van der Waals surface area contributed by atoms with Gasteiger partial charge in [-0.1, -0.05) is 66.2 Å². The average Bonchev–Trinajstić information content (AvgIpc) is 3.32. The first-order valence-corrected chi connectivity index (χ1v) is 12.8. The fraction of sp³-hybridized carbons (Fsp3) is 0.133. The maximum Gasteiger partial charge on any atom is 0.305 e. The van der Waals surface area contributed by atoms with Gasteiger partial charge in [0.25, 0.3) is 11.8 Å². The van der Waals surface area contributed by atoms with Crippen LogP contribution in [0.2, 0.25) is 5.02 Å². The molecule has 0 spiro atoms. The Morgan fingerprint density at radius 2 is 1.46 bits per heavy atom. The maximum absolute atomic E-state index is 12.8. The van der Waals surface area contributed by atoms with Crippen molar-refractivity contribution in [3.8, 4) is 11.1 Å². The molecular weight excluding hydrogens is 516 g/mol. The van der Waals surface area contributed by atoms with Gasteiger partial charge >= 0.3 is 5.91 Å². The molecule has 1 aliphatic rings. The van der Waals surface area contributed by atoms with Gasteiger partial charge in [-0.15, -0.1) is 0 Å². The Morgan fingerprint density at radius 3 is 2.21 bits per heavy atom. The van der Waals surface area contributed by atoms with Gasteiger partial charge in [-0.2, -0.15) is 5.10 Å². The number of hydrazine groups is 1. The molecule has 9 heteroatoms. The number of nitrogens with one attached hydrogen (secondary N) is 3. The van der Waals surface area contributed by atoms with E-state index < -0.39 is 11.8 Å². The molecule has 0 atom stereocenters. The van der Waals surface area contributed by atoms with Crippen LogP contribution >= 0.6 is 11.6 Å². The number of carbonyl (C=O) groups is 3. The minimum Gasteiger partial charge on any atom is -0.455 e. The third-order valence-electron chi connectivity index (χ3n) is 6.49. The second-order valence-corrected chi connectivity index (χ2v) is 9.45. The van der Waals surface area contributed by atoms with Crippen molar-refractivity contribution in [2.75, 3.05) is 0 Å². The van der Waals surface area contributed by atoms with Gasteiger partial charge in [0.1, 0.15) is 5.76 Å². The summed E-state index contributed by atoms with van der Waals surface area (Å²) < 4.78 is 5.85. The van der Waals surface area contributed by atoms with E-state index in [2.05, 4.69) is 21.4 Å². The molecule has 3 N–H and O–H groups in total. The minimum atomic E-state index is -0.607. The Labute approximate surface area is 230 Å². The van der Waals surface area contributed by atoms with E-state index >= 15 is 0 Å². The van der Waals surface area contributed by atoms with Gasteiger partial charge in [0.05, 0.1) is 16.3 Å². The van der Waals surface area contributed by atoms with Crippen molar-refractivity contribution in [1.29, 1.82) is 0 Å². The molecule has 196 valence electrons. The van der Waals surface area contributed by atoms with Crippen LogP contribution in [-0.2, 0) is 6.42 Å². The Morgan fingerprint density at radius 1 is 0.795 bits per heavy atom. The number of fused-ring (bicyclic) bond motifs is 1. The highest BCUT2D eigenvalue weighted by atomic mass is 35.5. The lowest BCUT2D eigenvalue weighted by Crippen LogP contribution is -2.41. The van der Waals surface area contributed by atoms with Crippen LogP contribution in [0.5, 0.6) is 0 Å². The Balaban J connectivity index is 1.27. The van der Waals surface area contributed by atoms with Crippen molar-refractivity contribution in [3.05, 3.63) is 118 Å². The first kappa shape index (κ1) is 25.9. The number of nitrogens with zero attached hydrogens (tertiary/aromatic N) is 1. The van der Waals surface area contributed by atoms with Crippen LogP contribution < -0.4 is 16.3 Å². The molecule has 0 radical (unpaired) electrons. The smallest absolute Gasteiger partial charge is 0.305 e. The number of halogens is 1. The van der Waals surface area contributed by atoms with E-state index in [9.17, 15) is 14.4 Å². The molecule has 5 rings (SSSR count). The van der Waals surface area contributed by atoms with Crippen LogP contribution in [-0.4, -0.2) is 23.4 Å². The molecular formula is C30H25ClN4O4. The molecule has 0 aliphatic heterocycles. The Bertz CT molecular complexity index is 1580.